The minimum Gasteiger partial charge on any atom is -0.450 e. The molecule has 0 radical (unpaired) electrons. The molecule has 0 bridgehead atoms. The molecule has 1 aliphatic carbocycles. The van der Waals surface area contributed by atoms with Crippen molar-refractivity contribution in [3.63, 3.8) is 0 Å². The molecular weight excluding hydrogens is 419 g/mol. The van der Waals surface area contributed by atoms with Crippen molar-refractivity contribution in [2.45, 2.75) is 57.4 Å². The smallest absolute Gasteiger partial charge is 0.450 e. The van der Waals surface area contributed by atoms with Crippen molar-refractivity contribution >= 4 is 37.0 Å². The first kappa shape index (κ1) is 28.0. The maximum Gasteiger partial charge on any atom is 0.503 e. The number of nitrogens with zero attached hydrogens (tertiary/aromatic N) is 2. The number of halogens is 2. The quantitative estimate of drug-likeness (QED) is 0.517. The molecule has 172 valence electrons. The molecule has 1 saturated carbocycles. The largest absolute Gasteiger partial charge is 0.503 e. The van der Waals surface area contributed by atoms with E-state index in [1.54, 1.807) is 0 Å². The normalized spacial score (nSPS) is 21.0. The maximum atomic E-state index is 12.4. The van der Waals surface area contributed by atoms with Gasteiger partial charge in [0.25, 0.3) is 0 Å². The number of urea groups is 1. The van der Waals surface area contributed by atoms with E-state index in [1.165, 1.54) is 71.0 Å². The van der Waals surface area contributed by atoms with Crippen LogP contribution in [0.3, 0.4) is 0 Å². The van der Waals surface area contributed by atoms with Gasteiger partial charge in [-0.3, -0.25) is 4.90 Å². The Hall–Kier alpha value is -0.960. The fourth-order valence-electron chi connectivity index (χ4n) is 4.22. The van der Waals surface area contributed by atoms with E-state index in [0.29, 0.717) is 6.04 Å². The third-order valence-electron chi connectivity index (χ3n) is 5.90. The van der Waals surface area contributed by atoms with Crippen LogP contribution >= 0.6 is 24.8 Å². The zero-order valence-corrected chi connectivity index (χ0v) is 18.8. The standard InChI is InChI=1S/C18H34N4O.CH2O3.2ClH/c23-18(20-17-4-2-1-3-5-17)22-14-12-21(13-15-22)11-8-16-6-9-19-10-7-16;2-1(3)4;;/h16-17,19H,1-15H2,(H,20,23);(H2,2,3,4);2*1H. The minimum atomic E-state index is -1.83. The number of piperidine rings is 1. The van der Waals surface area contributed by atoms with Crippen molar-refractivity contribution in [2.75, 3.05) is 45.8 Å². The number of hydrogen-bond acceptors (Lipinski definition) is 4. The highest BCUT2D eigenvalue weighted by atomic mass is 35.5. The number of hydrogen-bond donors (Lipinski definition) is 4. The molecule has 2 saturated heterocycles. The molecule has 3 aliphatic rings. The summed E-state index contributed by atoms with van der Waals surface area (Å²) in [4.78, 5) is 25.5. The summed E-state index contributed by atoms with van der Waals surface area (Å²) in [6, 6.07) is 0.601. The minimum absolute atomic E-state index is 0. The molecule has 10 heteroatoms. The molecule has 2 amide bonds. The van der Waals surface area contributed by atoms with Crippen molar-refractivity contribution in [1.29, 1.82) is 0 Å². The highest BCUT2D eigenvalue weighted by Crippen LogP contribution is 2.18. The Kier molecular flexibility index (Phi) is 15.3. The van der Waals surface area contributed by atoms with E-state index in [2.05, 4.69) is 15.5 Å². The van der Waals surface area contributed by atoms with Crippen LogP contribution in [0.2, 0.25) is 0 Å². The molecule has 0 atom stereocenters. The van der Waals surface area contributed by atoms with E-state index < -0.39 is 6.16 Å². The predicted molar refractivity (Wildman–Crippen MR) is 119 cm³/mol. The number of rotatable bonds is 4. The van der Waals surface area contributed by atoms with Gasteiger partial charge in [-0.1, -0.05) is 19.3 Å². The molecule has 0 aromatic heterocycles. The van der Waals surface area contributed by atoms with Crippen LogP contribution in [-0.2, 0) is 0 Å². The van der Waals surface area contributed by atoms with Crippen molar-refractivity contribution in [2.24, 2.45) is 5.92 Å². The van der Waals surface area contributed by atoms with Gasteiger partial charge in [0, 0.05) is 32.2 Å². The van der Waals surface area contributed by atoms with Crippen LogP contribution in [0.25, 0.3) is 0 Å². The number of nitrogens with one attached hydrogen (secondary N) is 2. The first-order valence-electron chi connectivity index (χ1n) is 10.4. The Morgan fingerprint density at radius 3 is 2.00 bits per heavy atom. The second-order valence-electron chi connectivity index (χ2n) is 7.88. The Morgan fingerprint density at radius 2 is 1.45 bits per heavy atom. The van der Waals surface area contributed by atoms with Crippen molar-refractivity contribution in [1.82, 2.24) is 20.4 Å². The summed E-state index contributed by atoms with van der Waals surface area (Å²) in [5.41, 5.74) is 0. The lowest BCUT2D eigenvalue weighted by Crippen LogP contribution is -2.53. The molecule has 0 unspecified atom stereocenters. The van der Waals surface area contributed by atoms with Crippen LogP contribution in [0, 0.1) is 5.92 Å². The summed E-state index contributed by atoms with van der Waals surface area (Å²) in [5, 5.41) is 20.6. The van der Waals surface area contributed by atoms with Gasteiger partial charge in [-0.05, 0) is 57.7 Å². The lowest BCUT2D eigenvalue weighted by Gasteiger charge is -2.36. The molecule has 2 aliphatic heterocycles. The summed E-state index contributed by atoms with van der Waals surface area (Å²) < 4.78 is 0. The predicted octanol–water partition coefficient (Wildman–Crippen LogP) is 3.10. The first-order chi connectivity index (χ1) is 13.0. The van der Waals surface area contributed by atoms with Crippen molar-refractivity contribution in [3.8, 4) is 0 Å². The number of carbonyl (C=O) groups excluding carboxylic acids is 1. The van der Waals surface area contributed by atoms with Gasteiger partial charge in [0.2, 0.25) is 0 Å². The van der Waals surface area contributed by atoms with E-state index in [4.69, 9.17) is 15.0 Å². The van der Waals surface area contributed by atoms with Crippen LogP contribution in [-0.4, -0.2) is 84.1 Å². The third kappa shape index (κ3) is 11.7. The number of piperazine rings is 1. The average Bonchev–Trinajstić information content (AvgIpc) is 2.68. The molecule has 0 aromatic rings. The number of carbonyl (C=O) groups is 2. The average molecular weight is 457 g/mol. The summed E-state index contributed by atoms with van der Waals surface area (Å²) >= 11 is 0. The monoisotopic (exact) mass is 456 g/mol. The Balaban J connectivity index is 0.00000120. The molecule has 29 heavy (non-hydrogen) atoms. The highest BCUT2D eigenvalue weighted by molar-refractivity contribution is 5.85. The van der Waals surface area contributed by atoms with Gasteiger partial charge in [-0.2, -0.15) is 0 Å². The van der Waals surface area contributed by atoms with Gasteiger partial charge in [0.1, 0.15) is 0 Å². The zero-order valence-electron chi connectivity index (χ0n) is 17.2. The van der Waals surface area contributed by atoms with Crippen LogP contribution in [0.4, 0.5) is 9.59 Å². The second-order valence-corrected chi connectivity index (χ2v) is 7.88. The van der Waals surface area contributed by atoms with Crippen LogP contribution in [0.15, 0.2) is 0 Å². The lowest BCUT2D eigenvalue weighted by molar-refractivity contribution is 0.129. The molecule has 0 aromatic carbocycles. The molecular formula is C19H38Cl2N4O4. The number of carboxylic acid groups (broad SMARTS) is 2. The van der Waals surface area contributed by atoms with Gasteiger partial charge in [0.15, 0.2) is 0 Å². The first-order valence-corrected chi connectivity index (χ1v) is 10.4. The molecule has 3 rings (SSSR count). The summed E-state index contributed by atoms with van der Waals surface area (Å²) in [6.07, 6.45) is 8.39. The Bertz CT molecular complexity index is 449. The third-order valence-corrected chi connectivity index (χ3v) is 5.90. The fourth-order valence-corrected chi connectivity index (χ4v) is 4.22. The van der Waals surface area contributed by atoms with Crippen molar-refractivity contribution < 1.29 is 19.8 Å². The molecule has 4 N–H and O–H groups in total. The molecule has 8 nitrogen and oxygen atoms in total. The van der Waals surface area contributed by atoms with E-state index in [0.717, 1.165) is 32.1 Å². The van der Waals surface area contributed by atoms with Gasteiger partial charge < -0.3 is 25.7 Å². The summed E-state index contributed by atoms with van der Waals surface area (Å²) in [5.74, 6) is 0.906. The topological polar surface area (TPSA) is 105 Å². The van der Waals surface area contributed by atoms with Crippen LogP contribution < -0.4 is 10.6 Å². The molecule has 0 spiro atoms. The van der Waals surface area contributed by atoms with Gasteiger partial charge in [0.05, 0.1) is 0 Å². The Morgan fingerprint density at radius 1 is 0.897 bits per heavy atom. The molecule has 2 heterocycles. The van der Waals surface area contributed by atoms with E-state index in [9.17, 15) is 4.79 Å². The Labute approximate surface area is 186 Å². The number of amides is 2. The SMILES string of the molecule is Cl.Cl.O=C(NC1CCCCC1)N1CCN(CCC2CCNCC2)CC1.O=C(O)O. The van der Waals surface area contributed by atoms with Gasteiger partial charge in [-0.25, -0.2) is 9.59 Å². The van der Waals surface area contributed by atoms with Crippen LogP contribution in [0.5, 0.6) is 0 Å². The van der Waals surface area contributed by atoms with Gasteiger partial charge in [-0.15, -0.1) is 24.8 Å². The maximum absolute atomic E-state index is 12.4. The van der Waals surface area contributed by atoms with Crippen molar-refractivity contribution in [3.05, 3.63) is 0 Å². The van der Waals surface area contributed by atoms with E-state index >= 15 is 0 Å². The van der Waals surface area contributed by atoms with E-state index in [-0.39, 0.29) is 30.8 Å². The van der Waals surface area contributed by atoms with E-state index in [1.807, 2.05) is 4.90 Å². The molecule has 3 fully saturated rings. The second kappa shape index (κ2) is 15.8. The lowest BCUT2D eigenvalue weighted by atomic mass is 9.94. The van der Waals surface area contributed by atoms with Gasteiger partial charge >= 0.3 is 12.2 Å². The zero-order chi connectivity index (χ0) is 19.5. The fraction of sp³-hybridized carbons (Fsp3) is 0.895. The highest BCUT2D eigenvalue weighted by Gasteiger charge is 2.24. The summed E-state index contributed by atoms with van der Waals surface area (Å²) in [7, 11) is 0. The van der Waals surface area contributed by atoms with Crippen LogP contribution in [0.1, 0.15) is 51.4 Å². The summed E-state index contributed by atoms with van der Waals surface area (Å²) in [6.45, 7) is 7.48.